The van der Waals surface area contributed by atoms with Gasteiger partial charge >= 0.3 is 7.75 Å². The van der Waals surface area contributed by atoms with E-state index < -0.39 is 7.75 Å². The molecule has 0 aromatic heterocycles. The molecular formula is C17H28N2O5P+. The van der Waals surface area contributed by atoms with Crippen molar-refractivity contribution in [1.29, 1.82) is 0 Å². The van der Waals surface area contributed by atoms with E-state index in [1.807, 2.05) is 33.3 Å². The normalized spacial score (nSPS) is 13.3. The Labute approximate surface area is 150 Å². The Balaban J connectivity index is 3.64. The standard InChI is InChI=1S/C17H28N2O5P/c1-13(20)17(14(2)22-6)18(25(21,23-7)24-8)15-9-11-16(12-10-15)19(3,4)5/h9-12H,1-8H3/q+1/b17-14-. The van der Waals surface area contributed by atoms with Crippen molar-refractivity contribution in [1.82, 2.24) is 4.48 Å². The molecule has 0 unspecified atom stereocenters. The number of carbonyl (C=O) groups is 1. The van der Waals surface area contributed by atoms with Gasteiger partial charge in [0.15, 0.2) is 5.78 Å². The van der Waals surface area contributed by atoms with Crippen LogP contribution in [0.2, 0.25) is 0 Å². The predicted octanol–water partition coefficient (Wildman–Crippen LogP) is 3.56. The zero-order valence-electron chi connectivity index (χ0n) is 16.2. The molecule has 140 valence electrons. The monoisotopic (exact) mass is 371 g/mol. The largest absolute Gasteiger partial charge is 0.499 e. The molecule has 1 aromatic rings. The van der Waals surface area contributed by atoms with Gasteiger partial charge in [-0.3, -0.25) is 18.3 Å². The number of ketones is 1. The molecule has 1 rings (SSSR count). The second-order valence-electron chi connectivity index (χ2n) is 6.34. The molecule has 7 nitrogen and oxygen atoms in total. The average Bonchev–Trinajstić information content (AvgIpc) is 2.57. The Morgan fingerprint density at radius 2 is 1.48 bits per heavy atom. The number of methoxy groups -OCH3 is 1. The first-order valence-corrected chi connectivity index (χ1v) is 9.21. The number of allylic oxidation sites excluding steroid dienone is 2. The summed E-state index contributed by atoms with van der Waals surface area (Å²) in [5, 5.41) is 0. The number of benzene rings is 1. The second kappa shape index (κ2) is 8.15. The zero-order valence-corrected chi connectivity index (χ0v) is 17.1. The maximum absolute atomic E-state index is 13.1. The van der Waals surface area contributed by atoms with Gasteiger partial charge in [0.25, 0.3) is 0 Å². The van der Waals surface area contributed by atoms with Gasteiger partial charge in [0.1, 0.15) is 17.1 Å². The van der Waals surface area contributed by atoms with Crippen molar-refractivity contribution in [2.75, 3.05) is 47.1 Å². The highest BCUT2D eigenvalue weighted by Gasteiger charge is 2.38. The van der Waals surface area contributed by atoms with Gasteiger partial charge in [-0.25, -0.2) is 9.24 Å². The summed E-state index contributed by atoms with van der Waals surface area (Å²) in [6.45, 7) is 3.00. The summed E-state index contributed by atoms with van der Waals surface area (Å²) in [7, 11) is 6.34. The molecule has 0 amide bonds. The van der Waals surface area contributed by atoms with Crippen molar-refractivity contribution in [3.05, 3.63) is 35.7 Å². The van der Waals surface area contributed by atoms with E-state index in [9.17, 15) is 9.36 Å². The third kappa shape index (κ3) is 4.70. The Hall–Kier alpha value is -1.66. The van der Waals surface area contributed by atoms with Crippen molar-refractivity contribution >= 4 is 24.9 Å². The lowest BCUT2D eigenvalue weighted by molar-refractivity contribution is -0.113. The number of Topliss-reactive ketones (excluding diaryl/α,β-unsaturated/α-hetero) is 1. The highest BCUT2D eigenvalue weighted by molar-refractivity contribution is 7.56. The van der Waals surface area contributed by atoms with Crippen LogP contribution in [0.25, 0.3) is 0 Å². The quantitative estimate of drug-likeness (QED) is 0.301. The summed E-state index contributed by atoms with van der Waals surface area (Å²) in [4.78, 5) is 12.2. The van der Waals surface area contributed by atoms with Gasteiger partial charge in [0.05, 0.1) is 33.9 Å². The van der Waals surface area contributed by atoms with E-state index in [2.05, 4.69) is 0 Å². The fourth-order valence-corrected chi connectivity index (χ4v) is 3.73. The Morgan fingerprint density at radius 3 is 1.80 bits per heavy atom. The zero-order chi connectivity index (χ0) is 19.4. The summed E-state index contributed by atoms with van der Waals surface area (Å²) in [5.74, 6) is 0.00172. The molecule has 8 heteroatoms. The van der Waals surface area contributed by atoms with Gasteiger partial charge in [-0.15, -0.1) is 0 Å². The molecule has 0 aliphatic rings. The predicted molar refractivity (Wildman–Crippen MR) is 101 cm³/mol. The van der Waals surface area contributed by atoms with E-state index in [1.54, 1.807) is 19.1 Å². The molecule has 0 fully saturated rings. The lowest BCUT2D eigenvalue weighted by atomic mass is 10.2. The van der Waals surface area contributed by atoms with Gasteiger partial charge in [0.2, 0.25) is 0 Å². The van der Waals surface area contributed by atoms with E-state index in [-0.39, 0.29) is 11.5 Å². The molecule has 0 aliphatic heterocycles. The number of carbonyl (C=O) groups excluding carboxylic acids is 1. The van der Waals surface area contributed by atoms with Crippen LogP contribution in [0.15, 0.2) is 35.7 Å². The summed E-state index contributed by atoms with van der Waals surface area (Å²) < 4.78 is 30.5. The third-order valence-corrected chi connectivity index (χ3v) is 5.60. The molecule has 0 atom stereocenters. The summed E-state index contributed by atoms with van der Waals surface area (Å²) in [5.41, 5.74) is 1.67. The summed E-state index contributed by atoms with van der Waals surface area (Å²) >= 11 is 0. The third-order valence-electron chi connectivity index (χ3n) is 3.76. The minimum Gasteiger partial charge on any atom is -0.499 e. The number of ether oxygens (including phenoxy) is 1. The molecular weight excluding hydrogens is 343 g/mol. The SMILES string of the molecule is CO/C(C)=C(/C(C)=O)N(c1ccc([N+](C)(C)C)cc1)P(=O)(OC)OC. The fraction of sp³-hybridized carbons (Fsp3) is 0.471. The van der Waals surface area contributed by atoms with Crippen LogP contribution in [0.4, 0.5) is 11.4 Å². The Bertz CT molecular complexity index is 684. The molecule has 0 N–H and O–H groups in total. The summed E-state index contributed by atoms with van der Waals surface area (Å²) in [6.07, 6.45) is 0. The number of quaternary nitrogens is 1. The molecule has 0 saturated heterocycles. The molecule has 0 aliphatic carbocycles. The van der Waals surface area contributed by atoms with Gasteiger partial charge in [-0.2, -0.15) is 0 Å². The molecule has 25 heavy (non-hydrogen) atoms. The highest BCUT2D eigenvalue weighted by atomic mass is 31.2. The Kier molecular flexibility index (Phi) is 6.97. The first-order chi connectivity index (χ1) is 11.5. The highest BCUT2D eigenvalue weighted by Crippen LogP contribution is 2.55. The van der Waals surface area contributed by atoms with Crippen LogP contribution in [-0.2, 0) is 23.1 Å². The topological polar surface area (TPSA) is 65.1 Å². The van der Waals surface area contributed by atoms with Crippen LogP contribution >= 0.6 is 7.75 Å². The average molecular weight is 371 g/mol. The molecule has 0 saturated carbocycles. The maximum Gasteiger partial charge on any atom is 0.439 e. The van der Waals surface area contributed by atoms with Crippen LogP contribution in [0.1, 0.15) is 13.8 Å². The van der Waals surface area contributed by atoms with Crippen molar-refractivity contribution in [2.45, 2.75) is 13.8 Å². The number of hydrogen-bond acceptors (Lipinski definition) is 5. The summed E-state index contributed by atoms with van der Waals surface area (Å²) in [6, 6.07) is 7.35. The van der Waals surface area contributed by atoms with Crippen molar-refractivity contribution in [3.63, 3.8) is 0 Å². The van der Waals surface area contributed by atoms with Crippen LogP contribution in [-0.4, -0.2) is 48.3 Å². The van der Waals surface area contributed by atoms with E-state index in [0.29, 0.717) is 15.9 Å². The van der Waals surface area contributed by atoms with Gasteiger partial charge in [0, 0.05) is 33.3 Å². The first kappa shape index (κ1) is 21.4. The second-order valence-corrected chi connectivity index (χ2v) is 8.41. The fourth-order valence-electron chi connectivity index (χ4n) is 2.31. The van der Waals surface area contributed by atoms with Gasteiger partial charge in [-0.1, -0.05) is 0 Å². The maximum atomic E-state index is 13.1. The molecule has 0 radical (unpaired) electrons. The molecule has 1 aromatic carbocycles. The first-order valence-electron chi connectivity index (χ1n) is 7.71. The van der Waals surface area contributed by atoms with Crippen molar-refractivity contribution in [2.24, 2.45) is 0 Å². The molecule has 0 spiro atoms. The number of nitrogens with zero attached hydrogens (tertiary/aromatic N) is 2. The van der Waals surface area contributed by atoms with E-state index in [4.69, 9.17) is 13.8 Å². The van der Waals surface area contributed by atoms with Crippen LogP contribution < -0.4 is 9.15 Å². The minimum absolute atomic E-state index is 0.118. The molecule has 0 bridgehead atoms. The van der Waals surface area contributed by atoms with Crippen molar-refractivity contribution < 1.29 is 23.1 Å². The minimum atomic E-state index is -3.78. The number of rotatable bonds is 8. The lowest BCUT2D eigenvalue weighted by Crippen LogP contribution is -2.34. The van der Waals surface area contributed by atoms with Crippen LogP contribution in [0.3, 0.4) is 0 Å². The van der Waals surface area contributed by atoms with E-state index in [0.717, 1.165) is 5.69 Å². The smallest absolute Gasteiger partial charge is 0.439 e. The lowest BCUT2D eigenvalue weighted by Gasteiger charge is -2.32. The van der Waals surface area contributed by atoms with Gasteiger partial charge < -0.3 is 4.74 Å². The van der Waals surface area contributed by atoms with E-state index in [1.165, 1.54) is 32.9 Å². The van der Waals surface area contributed by atoms with E-state index >= 15 is 0 Å². The van der Waals surface area contributed by atoms with Crippen LogP contribution in [0.5, 0.6) is 0 Å². The molecule has 0 heterocycles. The number of hydrogen-bond donors (Lipinski definition) is 0. The van der Waals surface area contributed by atoms with Crippen LogP contribution in [0, 0.1) is 0 Å². The Morgan fingerprint density at radius 1 is 1.00 bits per heavy atom. The van der Waals surface area contributed by atoms with Crippen molar-refractivity contribution in [3.8, 4) is 0 Å². The van der Waals surface area contributed by atoms with Gasteiger partial charge in [-0.05, 0) is 19.1 Å². The number of anilines is 1.